The highest BCUT2D eigenvalue weighted by atomic mass is 32.1. The first-order valence-electron chi connectivity index (χ1n) is 11.5. The van der Waals surface area contributed by atoms with Gasteiger partial charge in [-0.2, -0.15) is 0 Å². The molecule has 37 heavy (non-hydrogen) atoms. The summed E-state index contributed by atoms with van der Waals surface area (Å²) < 4.78 is 29.2. The number of fused-ring (bicyclic) bond motifs is 1. The molecule has 4 aromatic rings. The zero-order valence-corrected chi connectivity index (χ0v) is 20.3. The summed E-state index contributed by atoms with van der Waals surface area (Å²) in [4.78, 5) is 43.4. The number of hydrogen-bond donors (Lipinski definition) is 2. The van der Waals surface area contributed by atoms with E-state index in [0.29, 0.717) is 47.3 Å². The summed E-state index contributed by atoms with van der Waals surface area (Å²) in [6.45, 7) is 4.07. The van der Waals surface area contributed by atoms with E-state index in [1.807, 2.05) is 4.57 Å². The third-order valence-electron chi connectivity index (χ3n) is 5.94. The Bertz CT molecular complexity index is 1490. The Morgan fingerprint density at radius 2 is 2.08 bits per heavy atom. The van der Waals surface area contributed by atoms with Crippen molar-refractivity contribution in [2.24, 2.45) is 0 Å². The van der Waals surface area contributed by atoms with Crippen molar-refractivity contribution in [2.45, 2.75) is 25.4 Å². The maximum atomic E-state index is 14.0. The number of pyridine rings is 2. The number of nitrogens with one attached hydrogen (secondary N) is 2. The first kappa shape index (κ1) is 24.4. The van der Waals surface area contributed by atoms with Crippen LogP contribution >= 0.6 is 11.3 Å². The highest BCUT2D eigenvalue weighted by molar-refractivity contribution is 7.18. The second-order valence-electron chi connectivity index (χ2n) is 8.34. The summed E-state index contributed by atoms with van der Waals surface area (Å²) in [5, 5.41) is 6.46. The Labute approximate surface area is 214 Å². The van der Waals surface area contributed by atoms with Crippen LogP contribution < -0.4 is 10.6 Å². The second-order valence-corrected chi connectivity index (χ2v) is 9.37. The van der Waals surface area contributed by atoms with Gasteiger partial charge < -0.3 is 20.1 Å². The number of rotatable bonds is 8. The number of hydrogen-bond acceptors (Lipinski definition) is 8. The lowest BCUT2D eigenvalue weighted by Gasteiger charge is -2.23. The van der Waals surface area contributed by atoms with Gasteiger partial charge in [-0.3, -0.25) is 14.6 Å². The lowest BCUT2D eigenvalue weighted by Crippen LogP contribution is -2.46. The summed E-state index contributed by atoms with van der Waals surface area (Å²) in [6.07, 6.45) is 7.44. The number of nitrogens with zero attached hydrogens (tertiary/aromatic N) is 6. The van der Waals surface area contributed by atoms with Crippen LogP contribution in [0.15, 0.2) is 55.5 Å². The lowest BCUT2D eigenvalue weighted by molar-refractivity contribution is -0.136. The molecule has 1 fully saturated rings. The van der Waals surface area contributed by atoms with Gasteiger partial charge in [0.25, 0.3) is 5.91 Å². The fourth-order valence-corrected chi connectivity index (χ4v) is 5.00. The van der Waals surface area contributed by atoms with Gasteiger partial charge in [0.05, 0.1) is 22.9 Å². The lowest BCUT2D eigenvalue weighted by atomic mass is 10.2. The predicted octanol–water partition coefficient (Wildman–Crippen LogP) is 3.42. The van der Waals surface area contributed by atoms with Gasteiger partial charge in [0.1, 0.15) is 28.9 Å². The molecule has 0 aliphatic carbocycles. The summed E-state index contributed by atoms with van der Waals surface area (Å²) in [7, 11) is 0. The average Bonchev–Trinajstić information content (AvgIpc) is 3.64. The molecule has 1 aliphatic heterocycles. The minimum Gasteiger partial charge on any atom is -0.353 e. The Hall–Kier alpha value is -4.26. The Balaban J connectivity index is 1.23. The zero-order chi connectivity index (χ0) is 25.9. The number of thiazole rings is 1. The number of imidazole rings is 1. The van der Waals surface area contributed by atoms with Crippen molar-refractivity contribution in [3.8, 4) is 10.6 Å². The molecule has 0 aromatic carbocycles. The van der Waals surface area contributed by atoms with E-state index in [1.54, 1.807) is 24.8 Å². The Morgan fingerprint density at radius 3 is 2.89 bits per heavy atom. The van der Waals surface area contributed by atoms with Crippen LogP contribution in [0.1, 0.15) is 12.8 Å². The van der Waals surface area contributed by atoms with E-state index in [0.717, 1.165) is 5.52 Å². The number of halogens is 2. The summed E-state index contributed by atoms with van der Waals surface area (Å²) in [6, 6.07) is 3.97. The molecule has 190 valence electrons. The van der Waals surface area contributed by atoms with Crippen LogP contribution in [0, 0.1) is 5.82 Å². The van der Waals surface area contributed by atoms with Gasteiger partial charge >= 0.3 is 0 Å². The largest absolute Gasteiger partial charge is 0.353 e. The molecule has 5 rings (SSSR count). The van der Waals surface area contributed by atoms with E-state index in [2.05, 4.69) is 37.1 Å². The molecule has 2 amide bonds. The SMILES string of the molecule is C=C(F)C(=O)N1CCC[C@@H]1C(=O)NCCn1cnc2cnc(Nc3ncc(-c4ncccc4F)s3)cc21. The van der Waals surface area contributed by atoms with Crippen LogP contribution in [0.25, 0.3) is 21.6 Å². The molecule has 0 radical (unpaired) electrons. The Morgan fingerprint density at radius 1 is 1.22 bits per heavy atom. The van der Waals surface area contributed by atoms with Crippen LogP contribution in [0.3, 0.4) is 0 Å². The van der Waals surface area contributed by atoms with Crippen molar-refractivity contribution in [1.29, 1.82) is 0 Å². The first-order valence-corrected chi connectivity index (χ1v) is 12.3. The van der Waals surface area contributed by atoms with E-state index >= 15 is 0 Å². The molecule has 0 unspecified atom stereocenters. The molecule has 0 saturated carbocycles. The van der Waals surface area contributed by atoms with E-state index in [4.69, 9.17) is 0 Å². The summed E-state index contributed by atoms with van der Waals surface area (Å²) in [5.74, 6) is -2.14. The second kappa shape index (κ2) is 10.4. The minimum absolute atomic E-state index is 0.233. The van der Waals surface area contributed by atoms with E-state index in [-0.39, 0.29) is 18.1 Å². The number of anilines is 2. The van der Waals surface area contributed by atoms with Crippen molar-refractivity contribution in [3.05, 3.63) is 61.3 Å². The number of carbonyl (C=O) groups is 2. The van der Waals surface area contributed by atoms with E-state index in [1.165, 1.54) is 34.6 Å². The molecular formula is C24H22F2N8O2S. The summed E-state index contributed by atoms with van der Waals surface area (Å²) >= 11 is 1.25. The normalized spacial score (nSPS) is 15.2. The van der Waals surface area contributed by atoms with Crippen molar-refractivity contribution >= 4 is 45.1 Å². The first-order chi connectivity index (χ1) is 17.9. The van der Waals surface area contributed by atoms with Gasteiger partial charge in [-0.15, -0.1) is 0 Å². The van der Waals surface area contributed by atoms with Crippen LogP contribution in [0.5, 0.6) is 0 Å². The minimum atomic E-state index is -1.07. The molecule has 0 spiro atoms. The maximum absolute atomic E-state index is 14.0. The molecule has 1 saturated heterocycles. The van der Waals surface area contributed by atoms with Crippen LogP contribution in [-0.4, -0.2) is 60.3 Å². The van der Waals surface area contributed by atoms with Crippen molar-refractivity contribution in [3.63, 3.8) is 0 Å². The topological polar surface area (TPSA) is 118 Å². The van der Waals surface area contributed by atoms with Gasteiger partial charge in [0.15, 0.2) is 11.0 Å². The Kier molecular flexibility index (Phi) is 6.86. The molecule has 0 bridgehead atoms. The van der Waals surface area contributed by atoms with Crippen molar-refractivity contribution in [2.75, 3.05) is 18.4 Å². The number of amides is 2. The smallest absolute Gasteiger partial charge is 0.282 e. The monoisotopic (exact) mass is 524 g/mol. The molecule has 10 nitrogen and oxygen atoms in total. The molecule has 2 N–H and O–H groups in total. The third-order valence-corrected chi connectivity index (χ3v) is 6.86. The molecule has 4 aromatic heterocycles. The molecule has 1 aliphatic rings. The van der Waals surface area contributed by atoms with E-state index in [9.17, 15) is 18.4 Å². The number of aromatic nitrogens is 5. The van der Waals surface area contributed by atoms with E-state index < -0.39 is 23.6 Å². The molecule has 1 atom stereocenters. The van der Waals surface area contributed by atoms with Crippen molar-refractivity contribution in [1.82, 2.24) is 34.7 Å². The quantitative estimate of drug-likeness (QED) is 0.339. The standard InChI is InChI=1S/C24H22F2N8O2S/c1-14(25)23(36)34-8-3-5-17(34)22(35)28-7-9-33-13-31-16-11-29-20(10-18(16)33)32-24-30-12-19(37-24)21-15(26)4-2-6-27-21/h2,4,6,10-13,17H,1,3,5,7-9H2,(H,28,35)(H,29,30,32)/t17-/m1/s1. The molecule has 5 heterocycles. The van der Waals surface area contributed by atoms with Crippen LogP contribution in [0.2, 0.25) is 0 Å². The predicted molar refractivity (Wildman–Crippen MR) is 134 cm³/mol. The summed E-state index contributed by atoms with van der Waals surface area (Å²) in [5.41, 5.74) is 1.68. The van der Waals surface area contributed by atoms with Gasteiger partial charge in [-0.25, -0.2) is 23.7 Å². The number of likely N-dealkylation sites (tertiary alicyclic amines) is 1. The fraction of sp³-hybridized carbons (Fsp3) is 0.250. The molecular weight excluding hydrogens is 502 g/mol. The van der Waals surface area contributed by atoms with Gasteiger partial charge in [0.2, 0.25) is 5.91 Å². The van der Waals surface area contributed by atoms with Gasteiger partial charge in [0, 0.05) is 38.1 Å². The highest BCUT2D eigenvalue weighted by Crippen LogP contribution is 2.31. The average molecular weight is 525 g/mol. The maximum Gasteiger partial charge on any atom is 0.282 e. The molecule has 13 heteroatoms. The van der Waals surface area contributed by atoms with Crippen molar-refractivity contribution < 1.29 is 18.4 Å². The van der Waals surface area contributed by atoms with Crippen LogP contribution in [0.4, 0.5) is 19.7 Å². The highest BCUT2D eigenvalue weighted by Gasteiger charge is 2.34. The fourth-order valence-electron chi connectivity index (χ4n) is 4.18. The van der Waals surface area contributed by atoms with Gasteiger partial charge in [-0.05, 0) is 25.0 Å². The van der Waals surface area contributed by atoms with Crippen LogP contribution in [-0.2, 0) is 16.1 Å². The number of carbonyl (C=O) groups excluding carboxylic acids is 2. The third kappa shape index (κ3) is 5.16. The van der Waals surface area contributed by atoms with Gasteiger partial charge in [-0.1, -0.05) is 17.9 Å². The zero-order valence-electron chi connectivity index (χ0n) is 19.5.